The fraction of sp³-hybridized carbons (Fsp3) is 0.455. The van der Waals surface area contributed by atoms with Crippen molar-refractivity contribution in [2.75, 3.05) is 31.3 Å². The maximum absolute atomic E-state index is 11.9. The van der Waals surface area contributed by atoms with Crippen molar-refractivity contribution in [1.29, 1.82) is 0 Å². The predicted octanol–water partition coefficient (Wildman–Crippen LogP) is 2.67. The smallest absolute Gasteiger partial charge is 0.392 e. The first-order valence-electron chi connectivity index (χ1n) is 5.06. The molecule has 17 heavy (non-hydrogen) atoms. The number of ether oxygens (including phenoxy) is 1. The summed E-state index contributed by atoms with van der Waals surface area (Å²) in [5, 5.41) is 0. The Morgan fingerprint density at radius 2 is 1.94 bits per heavy atom. The summed E-state index contributed by atoms with van der Waals surface area (Å²) in [6.45, 7) is -0.422. The molecule has 6 heteroatoms. The lowest BCUT2D eigenvalue weighted by molar-refractivity contribution is -0.139. The van der Waals surface area contributed by atoms with Crippen LogP contribution in [0.1, 0.15) is 6.42 Å². The lowest BCUT2D eigenvalue weighted by Crippen LogP contribution is -2.14. The monoisotopic (exact) mass is 248 g/mol. The number of alkyl halides is 3. The zero-order valence-electron chi connectivity index (χ0n) is 9.71. The van der Waals surface area contributed by atoms with E-state index in [1.165, 1.54) is 0 Å². The molecule has 0 saturated carbocycles. The Morgan fingerprint density at radius 3 is 2.41 bits per heavy atom. The van der Waals surface area contributed by atoms with Gasteiger partial charge in [-0.05, 0) is 18.2 Å². The Hall–Kier alpha value is -1.59. The van der Waals surface area contributed by atoms with E-state index in [-0.39, 0.29) is 5.75 Å². The van der Waals surface area contributed by atoms with E-state index in [4.69, 9.17) is 10.5 Å². The minimum atomic E-state index is -4.21. The van der Waals surface area contributed by atoms with Crippen LogP contribution in [0.15, 0.2) is 18.2 Å². The van der Waals surface area contributed by atoms with Crippen LogP contribution in [0.4, 0.5) is 24.5 Å². The summed E-state index contributed by atoms with van der Waals surface area (Å²) in [6, 6.07) is 4.96. The highest BCUT2D eigenvalue weighted by Gasteiger charge is 2.26. The number of hydrogen-bond donors (Lipinski definition) is 1. The van der Waals surface area contributed by atoms with Crippen LogP contribution in [0, 0.1) is 0 Å². The molecule has 0 amide bonds. The molecule has 2 N–H and O–H groups in total. The van der Waals surface area contributed by atoms with Gasteiger partial charge in [0.05, 0.1) is 18.7 Å². The normalized spacial score (nSPS) is 11.4. The van der Waals surface area contributed by atoms with Crippen molar-refractivity contribution >= 4 is 11.4 Å². The van der Waals surface area contributed by atoms with E-state index in [0.29, 0.717) is 5.69 Å². The van der Waals surface area contributed by atoms with Gasteiger partial charge in [0.1, 0.15) is 5.75 Å². The van der Waals surface area contributed by atoms with Gasteiger partial charge in [0.15, 0.2) is 0 Å². The number of nitrogen functional groups attached to an aromatic ring is 1. The van der Waals surface area contributed by atoms with Crippen molar-refractivity contribution < 1.29 is 17.9 Å². The highest BCUT2D eigenvalue weighted by molar-refractivity contribution is 5.62. The van der Waals surface area contributed by atoms with Crippen LogP contribution < -0.4 is 15.4 Å². The molecule has 0 aliphatic rings. The molecule has 96 valence electrons. The van der Waals surface area contributed by atoms with Crippen LogP contribution in [0.25, 0.3) is 0 Å². The van der Waals surface area contributed by atoms with Gasteiger partial charge in [-0.1, -0.05) is 0 Å². The number of nitrogens with two attached hydrogens (primary N) is 1. The molecule has 3 nitrogen and oxygen atoms in total. The summed E-state index contributed by atoms with van der Waals surface area (Å²) in [6.07, 6.45) is -5.19. The Kier molecular flexibility index (Phi) is 4.09. The second-order valence-electron chi connectivity index (χ2n) is 3.83. The number of anilines is 2. The maximum Gasteiger partial charge on any atom is 0.392 e. The second-order valence-corrected chi connectivity index (χ2v) is 3.83. The Morgan fingerprint density at radius 1 is 1.29 bits per heavy atom. The van der Waals surface area contributed by atoms with E-state index in [1.807, 2.05) is 19.0 Å². The lowest BCUT2D eigenvalue weighted by Gasteiger charge is -2.15. The first-order valence-corrected chi connectivity index (χ1v) is 5.06. The number of hydrogen-bond acceptors (Lipinski definition) is 3. The van der Waals surface area contributed by atoms with Crippen molar-refractivity contribution in [3.05, 3.63) is 18.2 Å². The third-order valence-electron chi connectivity index (χ3n) is 2.15. The molecular formula is C11H15F3N2O. The van der Waals surface area contributed by atoms with Crippen LogP contribution in [0.2, 0.25) is 0 Å². The summed E-state index contributed by atoms with van der Waals surface area (Å²) in [5.41, 5.74) is 6.87. The molecule has 0 aliphatic carbocycles. The van der Waals surface area contributed by atoms with E-state index < -0.39 is 19.2 Å². The molecule has 0 heterocycles. The summed E-state index contributed by atoms with van der Waals surface area (Å²) >= 11 is 0. The second kappa shape index (κ2) is 5.16. The van der Waals surface area contributed by atoms with Crippen LogP contribution in [0.5, 0.6) is 5.75 Å². The molecule has 0 aromatic heterocycles. The molecule has 1 aromatic carbocycles. The summed E-state index contributed by atoms with van der Waals surface area (Å²) < 4.78 is 40.7. The SMILES string of the molecule is CN(C)c1ccc(OCCC(F)(F)F)c(N)c1. The summed E-state index contributed by atoms with van der Waals surface area (Å²) in [5.74, 6) is 0.278. The van der Waals surface area contributed by atoms with Gasteiger partial charge in [0, 0.05) is 19.8 Å². The fourth-order valence-corrected chi connectivity index (χ4v) is 1.22. The molecule has 1 rings (SSSR count). The van der Waals surface area contributed by atoms with Gasteiger partial charge >= 0.3 is 6.18 Å². The standard InChI is InChI=1S/C11H15F3N2O/c1-16(2)8-3-4-10(9(15)7-8)17-6-5-11(12,13)14/h3-4,7H,5-6,15H2,1-2H3. The Bertz CT molecular complexity index is 377. The molecule has 0 unspecified atom stereocenters. The number of rotatable bonds is 4. The van der Waals surface area contributed by atoms with Crippen molar-refractivity contribution in [3.63, 3.8) is 0 Å². The minimum absolute atomic E-state index is 0.278. The van der Waals surface area contributed by atoms with Crippen LogP contribution in [-0.2, 0) is 0 Å². The van der Waals surface area contributed by atoms with Gasteiger partial charge in [0.25, 0.3) is 0 Å². The number of benzene rings is 1. The van der Waals surface area contributed by atoms with Gasteiger partial charge in [-0.15, -0.1) is 0 Å². The largest absolute Gasteiger partial charge is 0.491 e. The number of nitrogens with zero attached hydrogens (tertiary/aromatic N) is 1. The lowest BCUT2D eigenvalue weighted by atomic mass is 10.2. The van der Waals surface area contributed by atoms with E-state index in [0.717, 1.165) is 5.69 Å². The van der Waals surface area contributed by atoms with Crippen molar-refractivity contribution in [1.82, 2.24) is 0 Å². The van der Waals surface area contributed by atoms with Crippen LogP contribution in [-0.4, -0.2) is 26.9 Å². The average Bonchev–Trinajstić information content (AvgIpc) is 2.18. The van der Waals surface area contributed by atoms with Crippen molar-refractivity contribution in [3.8, 4) is 5.75 Å². The van der Waals surface area contributed by atoms with Crippen molar-refractivity contribution in [2.45, 2.75) is 12.6 Å². The van der Waals surface area contributed by atoms with Gasteiger partial charge in [-0.2, -0.15) is 13.2 Å². The van der Waals surface area contributed by atoms with Crippen LogP contribution >= 0.6 is 0 Å². The number of halogens is 3. The molecule has 0 spiro atoms. The molecule has 0 bridgehead atoms. The van der Waals surface area contributed by atoms with E-state index in [1.54, 1.807) is 18.2 Å². The third-order valence-corrected chi connectivity index (χ3v) is 2.15. The zero-order valence-corrected chi connectivity index (χ0v) is 9.71. The van der Waals surface area contributed by atoms with E-state index in [2.05, 4.69) is 0 Å². The highest BCUT2D eigenvalue weighted by Crippen LogP contribution is 2.27. The zero-order chi connectivity index (χ0) is 13.1. The van der Waals surface area contributed by atoms with E-state index in [9.17, 15) is 13.2 Å². The molecule has 0 fully saturated rings. The Balaban J connectivity index is 2.61. The first kappa shape index (κ1) is 13.5. The molecule has 0 radical (unpaired) electrons. The minimum Gasteiger partial charge on any atom is -0.491 e. The molecule has 1 aromatic rings. The molecule has 0 saturated heterocycles. The summed E-state index contributed by atoms with van der Waals surface area (Å²) in [4.78, 5) is 1.84. The maximum atomic E-state index is 11.9. The van der Waals surface area contributed by atoms with Gasteiger partial charge < -0.3 is 15.4 Å². The summed E-state index contributed by atoms with van der Waals surface area (Å²) in [7, 11) is 3.69. The van der Waals surface area contributed by atoms with Crippen molar-refractivity contribution in [2.24, 2.45) is 0 Å². The van der Waals surface area contributed by atoms with Gasteiger partial charge in [-0.25, -0.2) is 0 Å². The molecule has 0 aliphatic heterocycles. The van der Waals surface area contributed by atoms with Gasteiger partial charge in [0.2, 0.25) is 0 Å². The first-order chi connectivity index (χ1) is 7.79. The predicted molar refractivity (Wildman–Crippen MR) is 61.3 cm³/mol. The average molecular weight is 248 g/mol. The van der Waals surface area contributed by atoms with Crippen LogP contribution in [0.3, 0.4) is 0 Å². The topological polar surface area (TPSA) is 38.5 Å². The quantitative estimate of drug-likeness (QED) is 0.832. The fourth-order valence-electron chi connectivity index (χ4n) is 1.22. The van der Waals surface area contributed by atoms with Gasteiger partial charge in [-0.3, -0.25) is 0 Å². The Labute approximate surface area is 98.0 Å². The third kappa shape index (κ3) is 4.42. The highest BCUT2D eigenvalue weighted by atomic mass is 19.4. The molecule has 0 atom stereocenters. The molecular weight excluding hydrogens is 233 g/mol. The van der Waals surface area contributed by atoms with E-state index >= 15 is 0 Å².